The van der Waals surface area contributed by atoms with Crippen LogP contribution in [-0.4, -0.2) is 37.7 Å². The van der Waals surface area contributed by atoms with Crippen molar-refractivity contribution in [3.8, 4) is 22.8 Å². The van der Waals surface area contributed by atoms with E-state index in [-0.39, 0.29) is 11.4 Å². The molecule has 7 nitrogen and oxygen atoms in total. The van der Waals surface area contributed by atoms with Crippen LogP contribution in [0.15, 0.2) is 72.8 Å². The van der Waals surface area contributed by atoms with Crippen LogP contribution in [0.25, 0.3) is 22.2 Å². The Labute approximate surface area is 195 Å². The normalized spacial score (nSPS) is 10.6. The number of ether oxygens (including phenoxy) is 3. The van der Waals surface area contributed by atoms with Crippen molar-refractivity contribution >= 4 is 28.5 Å². The van der Waals surface area contributed by atoms with Crippen molar-refractivity contribution in [2.45, 2.75) is 0 Å². The third-order valence-corrected chi connectivity index (χ3v) is 5.09. The highest BCUT2D eigenvalue weighted by molar-refractivity contribution is 6.05. The number of rotatable bonds is 7. The Hall–Kier alpha value is -4.46. The molecule has 0 saturated heterocycles. The topological polar surface area (TPSA) is 86.8 Å². The zero-order chi connectivity index (χ0) is 24.1. The number of carbonyl (C=O) groups excluding carboxylic acids is 2. The van der Waals surface area contributed by atoms with Crippen LogP contribution in [0, 0.1) is 5.82 Å². The molecule has 0 unspecified atom stereocenters. The maximum atomic E-state index is 13.3. The average Bonchev–Trinajstić information content (AvgIpc) is 2.87. The number of para-hydroxylation sites is 1. The van der Waals surface area contributed by atoms with Gasteiger partial charge in [-0.25, -0.2) is 14.2 Å². The summed E-state index contributed by atoms with van der Waals surface area (Å²) in [4.78, 5) is 30.0. The highest BCUT2D eigenvalue weighted by Crippen LogP contribution is 2.29. The summed E-state index contributed by atoms with van der Waals surface area (Å²) in [6.45, 7) is -0.512. The van der Waals surface area contributed by atoms with E-state index in [0.29, 0.717) is 39.3 Å². The van der Waals surface area contributed by atoms with E-state index in [9.17, 15) is 14.0 Å². The van der Waals surface area contributed by atoms with Gasteiger partial charge in [-0.05, 0) is 48.5 Å². The molecule has 172 valence electrons. The molecule has 3 aromatic carbocycles. The van der Waals surface area contributed by atoms with E-state index in [1.165, 1.54) is 26.4 Å². The summed E-state index contributed by atoms with van der Waals surface area (Å²) in [6, 6.07) is 19.4. The first-order chi connectivity index (χ1) is 16.5. The van der Waals surface area contributed by atoms with E-state index in [1.54, 1.807) is 60.7 Å². The molecule has 8 heteroatoms. The van der Waals surface area contributed by atoms with Gasteiger partial charge in [-0.1, -0.05) is 18.2 Å². The highest BCUT2D eigenvalue weighted by atomic mass is 19.1. The third kappa shape index (κ3) is 4.96. The van der Waals surface area contributed by atoms with Crippen LogP contribution in [0.3, 0.4) is 0 Å². The number of amides is 1. The molecule has 0 bridgehead atoms. The lowest BCUT2D eigenvalue weighted by atomic mass is 10.0. The number of methoxy groups -OCH3 is 2. The molecule has 0 saturated carbocycles. The van der Waals surface area contributed by atoms with Crippen molar-refractivity contribution in [1.29, 1.82) is 0 Å². The molecule has 0 atom stereocenters. The zero-order valence-electron chi connectivity index (χ0n) is 18.5. The SMILES string of the molecule is COc1ccc(OC)c(NC(=O)COC(=O)c2cc(-c3ccc(F)cc3)nc3ccccc23)c1. The summed E-state index contributed by atoms with van der Waals surface area (Å²) in [5.74, 6) is -0.635. The molecule has 1 aromatic heterocycles. The number of hydrogen-bond donors (Lipinski definition) is 1. The largest absolute Gasteiger partial charge is 0.497 e. The molecular weight excluding hydrogens is 439 g/mol. The second-order valence-corrected chi connectivity index (χ2v) is 7.27. The standard InChI is InChI=1S/C26H21FN2O5/c1-32-18-11-12-24(33-2)23(13-18)29-25(30)15-34-26(31)20-14-22(16-7-9-17(27)10-8-16)28-21-6-4-3-5-19(20)21/h3-14H,15H2,1-2H3,(H,29,30). The Morgan fingerprint density at radius 2 is 1.71 bits per heavy atom. The molecule has 1 N–H and O–H groups in total. The fourth-order valence-electron chi connectivity index (χ4n) is 3.42. The molecule has 34 heavy (non-hydrogen) atoms. The molecule has 0 aliphatic carbocycles. The number of hydrogen-bond acceptors (Lipinski definition) is 6. The van der Waals surface area contributed by atoms with Gasteiger partial charge in [0.15, 0.2) is 6.61 Å². The zero-order valence-corrected chi connectivity index (χ0v) is 18.5. The van der Waals surface area contributed by atoms with Crippen molar-refractivity contribution < 1.29 is 28.2 Å². The van der Waals surface area contributed by atoms with E-state index >= 15 is 0 Å². The van der Waals surface area contributed by atoms with E-state index in [0.717, 1.165) is 0 Å². The molecule has 4 rings (SSSR count). The van der Waals surface area contributed by atoms with Crippen molar-refractivity contribution in [3.63, 3.8) is 0 Å². The van der Waals surface area contributed by atoms with Crippen LogP contribution in [0.5, 0.6) is 11.5 Å². The molecule has 0 fully saturated rings. The number of benzene rings is 3. The molecule has 0 spiro atoms. The Kier molecular flexibility index (Phi) is 6.68. The Morgan fingerprint density at radius 1 is 0.941 bits per heavy atom. The number of anilines is 1. The molecule has 0 aliphatic heterocycles. The van der Waals surface area contributed by atoms with Gasteiger partial charge in [0.2, 0.25) is 0 Å². The summed E-state index contributed by atoms with van der Waals surface area (Å²) in [5, 5.41) is 3.23. The first-order valence-electron chi connectivity index (χ1n) is 10.3. The van der Waals surface area contributed by atoms with E-state index in [4.69, 9.17) is 14.2 Å². The monoisotopic (exact) mass is 460 g/mol. The number of pyridine rings is 1. The first-order valence-corrected chi connectivity index (χ1v) is 10.3. The van der Waals surface area contributed by atoms with Gasteiger partial charge < -0.3 is 19.5 Å². The maximum absolute atomic E-state index is 13.3. The second-order valence-electron chi connectivity index (χ2n) is 7.27. The summed E-state index contributed by atoms with van der Waals surface area (Å²) in [6.07, 6.45) is 0. The van der Waals surface area contributed by atoms with Gasteiger partial charge in [0.05, 0.1) is 36.7 Å². The van der Waals surface area contributed by atoms with E-state index in [1.807, 2.05) is 0 Å². The number of aromatic nitrogens is 1. The third-order valence-electron chi connectivity index (χ3n) is 5.09. The minimum atomic E-state index is -0.685. The fraction of sp³-hybridized carbons (Fsp3) is 0.115. The predicted molar refractivity (Wildman–Crippen MR) is 126 cm³/mol. The minimum Gasteiger partial charge on any atom is -0.497 e. The number of halogens is 1. The maximum Gasteiger partial charge on any atom is 0.339 e. The van der Waals surface area contributed by atoms with Crippen LogP contribution in [0.4, 0.5) is 10.1 Å². The van der Waals surface area contributed by atoms with Crippen LogP contribution in [0.1, 0.15) is 10.4 Å². The van der Waals surface area contributed by atoms with E-state index in [2.05, 4.69) is 10.3 Å². The van der Waals surface area contributed by atoms with Gasteiger partial charge in [-0.15, -0.1) is 0 Å². The first kappa shape index (κ1) is 22.7. The summed E-state index contributed by atoms with van der Waals surface area (Å²) >= 11 is 0. The number of carbonyl (C=O) groups is 2. The smallest absolute Gasteiger partial charge is 0.339 e. The van der Waals surface area contributed by atoms with Crippen molar-refractivity contribution in [2.24, 2.45) is 0 Å². The van der Waals surface area contributed by atoms with Gasteiger partial charge >= 0.3 is 5.97 Å². The van der Waals surface area contributed by atoms with Crippen molar-refractivity contribution in [1.82, 2.24) is 4.98 Å². The van der Waals surface area contributed by atoms with Crippen LogP contribution in [0.2, 0.25) is 0 Å². The number of fused-ring (bicyclic) bond motifs is 1. The molecule has 0 aliphatic rings. The summed E-state index contributed by atoms with van der Waals surface area (Å²) < 4.78 is 29.0. The van der Waals surface area contributed by atoms with E-state index < -0.39 is 18.5 Å². The highest BCUT2D eigenvalue weighted by Gasteiger charge is 2.17. The summed E-state index contributed by atoms with van der Waals surface area (Å²) in [7, 11) is 2.99. The van der Waals surface area contributed by atoms with Gasteiger partial charge in [0, 0.05) is 17.0 Å². The fourth-order valence-corrected chi connectivity index (χ4v) is 3.42. The molecule has 0 radical (unpaired) electrons. The van der Waals surface area contributed by atoms with Gasteiger partial charge in [0.1, 0.15) is 17.3 Å². The van der Waals surface area contributed by atoms with Crippen molar-refractivity contribution in [2.75, 3.05) is 26.1 Å². The summed E-state index contributed by atoms with van der Waals surface area (Å²) in [5.41, 5.74) is 2.33. The number of esters is 1. The van der Waals surface area contributed by atoms with Crippen molar-refractivity contribution in [3.05, 3.63) is 84.2 Å². The average molecular weight is 460 g/mol. The molecule has 1 amide bonds. The van der Waals surface area contributed by atoms with Gasteiger partial charge in [-0.3, -0.25) is 4.79 Å². The van der Waals surface area contributed by atoms with Crippen LogP contribution in [-0.2, 0) is 9.53 Å². The Bertz CT molecular complexity index is 1360. The number of nitrogens with one attached hydrogen (secondary N) is 1. The van der Waals surface area contributed by atoms with Gasteiger partial charge in [0.25, 0.3) is 5.91 Å². The second kappa shape index (κ2) is 9.99. The predicted octanol–water partition coefficient (Wildman–Crippen LogP) is 4.85. The lowest BCUT2D eigenvalue weighted by Gasteiger charge is -2.13. The molecule has 1 heterocycles. The van der Waals surface area contributed by atoms with Gasteiger partial charge in [-0.2, -0.15) is 0 Å². The lowest BCUT2D eigenvalue weighted by Crippen LogP contribution is -2.21. The van der Waals surface area contributed by atoms with Crippen LogP contribution >= 0.6 is 0 Å². The molecule has 4 aromatic rings. The Morgan fingerprint density at radius 3 is 2.44 bits per heavy atom. The quantitative estimate of drug-likeness (QED) is 0.397. The lowest BCUT2D eigenvalue weighted by molar-refractivity contribution is -0.119. The minimum absolute atomic E-state index is 0.247. The Balaban J connectivity index is 1.55. The molecular formula is C26H21FN2O5. The van der Waals surface area contributed by atoms with Crippen LogP contribution < -0.4 is 14.8 Å². The number of nitrogens with zero attached hydrogens (tertiary/aromatic N) is 1.